The molecule has 0 aromatic heterocycles. The summed E-state index contributed by atoms with van der Waals surface area (Å²) < 4.78 is 13.1. The van der Waals surface area contributed by atoms with Gasteiger partial charge < -0.3 is 5.32 Å². The van der Waals surface area contributed by atoms with Gasteiger partial charge in [-0.2, -0.15) is 0 Å². The fourth-order valence-corrected chi connectivity index (χ4v) is 1.81. The average Bonchev–Trinajstić information content (AvgIpc) is 3.06. The van der Waals surface area contributed by atoms with Crippen molar-refractivity contribution in [2.45, 2.75) is 19.3 Å². The van der Waals surface area contributed by atoms with E-state index >= 15 is 0 Å². The molecule has 1 fully saturated rings. The maximum absolute atomic E-state index is 13.1. The van der Waals surface area contributed by atoms with Crippen LogP contribution in [-0.2, 0) is 0 Å². The molecule has 1 aliphatic rings. The molecular formula is C11H12ClFN2O2. The van der Waals surface area contributed by atoms with E-state index in [1.807, 2.05) is 0 Å². The van der Waals surface area contributed by atoms with Gasteiger partial charge in [0.2, 0.25) is 0 Å². The lowest BCUT2D eigenvalue weighted by molar-refractivity contribution is -0.384. The normalized spacial score (nSPS) is 14.7. The van der Waals surface area contributed by atoms with Gasteiger partial charge in [0.05, 0.1) is 16.0 Å². The summed E-state index contributed by atoms with van der Waals surface area (Å²) in [5, 5.41) is 13.6. The lowest BCUT2D eigenvalue weighted by Crippen LogP contribution is -2.05. The average molecular weight is 259 g/mol. The largest absolute Gasteiger partial charge is 0.379 e. The predicted octanol–water partition coefficient (Wildman–Crippen LogP) is 3.60. The fraction of sp³-hybridized carbons (Fsp3) is 0.455. The Balaban J connectivity index is 2.11. The highest BCUT2D eigenvalue weighted by molar-refractivity contribution is 6.31. The molecule has 1 aromatic carbocycles. The van der Waals surface area contributed by atoms with Crippen molar-refractivity contribution in [1.29, 1.82) is 0 Å². The molecule has 0 aliphatic heterocycles. The van der Waals surface area contributed by atoms with Crippen LogP contribution >= 0.6 is 11.6 Å². The van der Waals surface area contributed by atoms with Crippen molar-refractivity contribution < 1.29 is 9.31 Å². The van der Waals surface area contributed by atoms with Gasteiger partial charge in [-0.15, -0.1) is 0 Å². The van der Waals surface area contributed by atoms with Gasteiger partial charge in [-0.25, -0.2) is 4.39 Å². The van der Waals surface area contributed by atoms with Crippen molar-refractivity contribution in [2.75, 3.05) is 11.9 Å². The second kappa shape index (κ2) is 4.87. The number of anilines is 1. The van der Waals surface area contributed by atoms with Crippen molar-refractivity contribution in [1.82, 2.24) is 0 Å². The molecule has 6 heteroatoms. The molecule has 0 amide bonds. The topological polar surface area (TPSA) is 55.2 Å². The van der Waals surface area contributed by atoms with Gasteiger partial charge in [-0.05, 0) is 18.4 Å². The molecule has 1 aliphatic carbocycles. The second-order valence-electron chi connectivity index (χ2n) is 4.20. The van der Waals surface area contributed by atoms with Crippen LogP contribution in [-0.4, -0.2) is 11.5 Å². The lowest BCUT2D eigenvalue weighted by Gasteiger charge is -2.07. The maximum atomic E-state index is 13.1. The number of hydrogen-bond donors (Lipinski definition) is 1. The van der Waals surface area contributed by atoms with E-state index in [0.717, 1.165) is 18.4 Å². The molecule has 0 spiro atoms. The van der Waals surface area contributed by atoms with E-state index in [-0.39, 0.29) is 16.4 Å². The Morgan fingerprint density at radius 1 is 1.53 bits per heavy atom. The highest BCUT2D eigenvalue weighted by Gasteiger charge is 2.22. The summed E-state index contributed by atoms with van der Waals surface area (Å²) in [7, 11) is 0. The minimum Gasteiger partial charge on any atom is -0.379 e. The van der Waals surface area contributed by atoms with Crippen molar-refractivity contribution >= 4 is 23.0 Å². The van der Waals surface area contributed by atoms with Gasteiger partial charge in [-0.3, -0.25) is 10.1 Å². The summed E-state index contributed by atoms with van der Waals surface area (Å²) in [5.41, 5.74) is 0.00440. The highest BCUT2D eigenvalue weighted by Crippen LogP contribution is 2.33. The third-order valence-electron chi connectivity index (χ3n) is 2.80. The van der Waals surface area contributed by atoms with Gasteiger partial charge in [0.15, 0.2) is 0 Å². The summed E-state index contributed by atoms with van der Waals surface area (Å²) >= 11 is 5.61. The fourth-order valence-electron chi connectivity index (χ4n) is 1.65. The molecule has 1 saturated carbocycles. The third kappa shape index (κ3) is 3.06. The smallest absolute Gasteiger partial charge is 0.295 e. The van der Waals surface area contributed by atoms with Crippen LogP contribution in [0.15, 0.2) is 12.1 Å². The number of nitrogens with zero attached hydrogens (tertiary/aromatic N) is 1. The first-order chi connectivity index (χ1) is 8.08. The van der Waals surface area contributed by atoms with Crippen LogP contribution < -0.4 is 5.32 Å². The molecule has 92 valence electrons. The zero-order valence-electron chi connectivity index (χ0n) is 9.08. The Hall–Kier alpha value is -1.36. The number of rotatable bonds is 5. The maximum Gasteiger partial charge on any atom is 0.295 e. The van der Waals surface area contributed by atoms with Gasteiger partial charge in [0.25, 0.3) is 5.69 Å². The predicted molar refractivity (Wildman–Crippen MR) is 63.9 cm³/mol. The molecule has 0 radical (unpaired) electrons. The monoisotopic (exact) mass is 258 g/mol. The first-order valence-corrected chi connectivity index (χ1v) is 5.83. The van der Waals surface area contributed by atoms with Gasteiger partial charge in [0.1, 0.15) is 11.5 Å². The highest BCUT2D eigenvalue weighted by atomic mass is 35.5. The zero-order chi connectivity index (χ0) is 12.4. The number of hydrogen-bond acceptors (Lipinski definition) is 3. The van der Waals surface area contributed by atoms with E-state index in [0.29, 0.717) is 6.54 Å². The summed E-state index contributed by atoms with van der Waals surface area (Å²) in [6.45, 7) is 0.646. The minimum absolute atomic E-state index is 0.107. The molecule has 17 heavy (non-hydrogen) atoms. The van der Waals surface area contributed by atoms with E-state index < -0.39 is 10.7 Å². The van der Waals surface area contributed by atoms with E-state index in [2.05, 4.69) is 5.32 Å². The number of nitrogens with one attached hydrogen (secondary N) is 1. The Kier molecular flexibility index (Phi) is 3.47. The number of benzene rings is 1. The van der Waals surface area contributed by atoms with E-state index in [1.165, 1.54) is 18.9 Å². The van der Waals surface area contributed by atoms with Crippen molar-refractivity contribution in [3.8, 4) is 0 Å². The van der Waals surface area contributed by atoms with Crippen LogP contribution in [0.1, 0.15) is 19.3 Å². The van der Waals surface area contributed by atoms with Crippen LogP contribution in [0, 0.1) is 21.8 Å². The summed E-state index contributed by atoms with van der Waals surface area (Å²) in [4.78, 5) is 10.1. The van der Waals surface area contributed by atoms with E-state index in [4.69, 9.17) is 11.6 Å². The molecular weight excluding hydrogens is 247 g/mol. The Bertz CT molecular complexity index is 449. The third-order valence-corrected chi connectivity index (χ3v) is 3.09. The summed E-state index contributed by atoms with van der Waals surface area (Å²) in [6.07, 6.45) is 3.44. The first-order valence-electron chi connectivity index (χ1n) is 5.45. The first kappa shape index (κ1) is 12.1. The molecule has 0 heterocycles. The Labute approximate surface area is 103 Å². The SMILES string of the molecule is O=[N+]([O-])c1cc(F)c(Cl)cc1NCCC1CC1. The Morgan fingerprint density at radius 3 is 2.82 bits per heavy atom. The van der Waals surface area contributed by atoms with E-state index in [1.54, 1.807) is 0 Å². The van der Waals surface area contributed by atoms with Crippen LogP contribution in [0.25, 0.3) is 0 Å². The molecule has 2 rings (SSSR count). The van der Waals surface area contributed by atoms with Gasteiger partial charge in [0, 0.05) is 6.54 Å². The van der Waals surface area contributed by atoms with Crippen LogP contribution in [0.2, 0.25) is 5.02 Å². The quantitative estimate of drug-likeness (QED) is 0.648. The number of nitro benzene ring substituents is 1. The molecule has 0 unspecified atom stereocenters. The lowest BCUT2D eigenvalue weighted by atomic mass is 10.2. The van der Waals surface area contributed by atoms with Crippen molar-refractivity contribution in [3.63, 3.8) is 0 Å². The van der Waals surface area contributed by atoms with Crippen LogP contribution in [0.3, 0.4) is 0 Å². The standard InChI is InChI=1S/C11H12ClFN2O2/c12-8-5-10(14-4-3-7-1-2-7)11(15(16)17)6-9(8)13/h5-7,14H,1-4H2. The Morgan fingerprint density at radius 2 is 2.24 bits per heavy atom. The second-order valence-corrected chi connectivity index (χ2v) is 4.61. The van der Waals surface area contributed by atoms with Crippen molar-refractivity contribution in [2.24, 2.45) is 5.92 Å². The van der Waals surface area contributed by atoms with E-state index in [9.17, 15) is 14.5 Å². The van der Waals surface area contributed by atoms with Gasteiger partial charge >= 0.3 is 0 Å². The number of nitro groups is 1. The van der Waals surface area contributed by atoms with Crippen LogP contribution in [0.4, 0.5) is 15.8 Å². The molecule has 1 N–H and O–H groups in total. The molecule has 0 atom stereocenters. The number of halogens is 2. The van der Waals surface area contributed by atoms with Crippen molar-refractivity contribution in [3.05, 3.63) is 33.1 Å². The summed E-state index contributed by atoms with van der Waals surface area (Å²) in [5.74, 6) is -0.0383. The molecule has 0 bridgehead atoms. The molecule has 1 aromatic rings. The minimum atomic E-state index is -0.772. The van der Waals surface area contributed by atoms with Gasteiger partial charge in [-0.1, -0.05) is 24.4 Å². The molecule has 0 saturated heterocycles. The molecule has 4 nitrogen and oxygen atoms in total. The summed E-state index contributed by atoms with van der Waals surface area (Å²) in [6, 6.07) is 2.11. The van der Waals surface area contributed by atoms with Crippen LogP contribution in [0.5, 0.6) is 0 Å². The zero-order valence-corrected chi connectivity index (χ0v) is 9.84.